The topological polar surface area (TPSA) is 58.4 Å². The van der Waals surface area contributed by atoms with Gasteiger partial charge in [0, 0.05) is 19.1 Å². The molecule has 17 heavy (non-hydrogen) atoms. The molecule has 0 aromatic heterocycles. The summed E-state index contributed by atoms with van der Waals surface area (Å²) in [6.45, 7) is 4.01. The molecule has 0 aromatic rings. The summed E-state index contributed by atoms with van der Waals surface area (Å²) >= 11 is 0. The molecule has 1 unspecified atom stereocenters. The van der Waals surface area contributed by atoms with Crippen molar-refractivity contribution in [2.24, 2.45) is 17.1 Å². The summed E-state index contributed by atoms with van der Waals surface area (Å²) in [5, 5.41) is 3.28. The van der Waals surface area contributed by atoms with E-state index in [1.54, 1.807) is 0 Å². The second-order valence-corrected chi connectivity index (χ2v) is 6.06. The fourth-order valence-electron chi connectivity index (χ4n) is 3.58. The van der Waals surface area contributed by atoms with Crippen molar-refractivity contribution < 1.29 is 4.79 Å². The molecule has 0 radical (unpaired) electrons. The second kappa shape index (κ2) is 4.25. The van der Waals surface area contributed by atoms with E-state index in [1.807, 2.05) is 0 Å². The Morgan fingerprint density at radius 2 is 2.06 bits per heavy atom. The Labute approximate surface area is 103 Å². The third-order valence-corrected chi connectivity index (χ3v) is 5.16. The zero-order chi connectivity index (χ0) is 11.9. The SMILES string of the molecule is NCC1(C(=O)NC2CN3CCC2CC3)CCC1. The van der Waals surface area contributed by atoms with Crippen LogP contribution in [0.1, 0.15) is 32.1 Å². The molecule has 0 aromatic carbocycles. The predicted octanol–water partition coefficient (Wildman–Crippen LogP) is 0.326. The molecule has 4 fully saturated rings. The van der Waals surface area contributed by atoms with E-state index in [0.29, 0.717) is 18.5 Å². The first-order chi connectivity index (χ1) is 8.23. The van der Waals surface area contributed by atoms with Gasteiger partial charge in [0.1, 0.15) is 0 Å². The number of nitrogens with one attached hydrogen (secondary N) is 1. The minimum absolute atomic E-state index is 0.216. The van der Waals surface area contributed by atoms with Crippen molar-refractivity contribution in [1.29, 1.82) is 0 Å². The van der Waals surface area contributed by atoms with Crippen molar-refractivity contribution in [1.82, 2.24) is 10.2 Å². The van der Waals surface area contributed by atoms with Gasteiger partial charge in [0.2, 0.25) is 5.91 Å². The Kier molecular flexibility index (Phi) is 2.87. The number of nitrogens with two attached hydrogens (primary N) is 1. The molecule has 1 saturated carbocycles. The number of fused-ring (bicyclic) bond motifs is 3. The molecule has 0 spiro atoms. The number of carbonyl (C=O) groups is 1. The summed E-state index contributed by atoms with van der Waals surface area (Å²) in [6.07, 6.45) is 5.62. The predicted molar refractivity (Wildman–Crippen MR) is 66.4 cm³/mol. The lowest BCUT2D eigenvalue weighted by Gasteiger charge is -2.47. The van der Waals surface area contributed by atoms with Crippen molar-refractivity contribution in [3.05, 3.63) is 0 Å². The van der Waals surface area contributed by atoms with E-state index in [2.05, 4.69) is 10.2 Å². The van der Waals surface area contributed by atoms with Gasteiger partial charge in [0.15, 0.2) is 0 Å². The van der Waals surface area contributed by atoms with Crippen LogP contribution in [0.25, 0.3) is 0 Å². The Morgan fingerprint density at radius 3 is 2.47 bits per heavy atom. The molecule has 4 aliphatic rings. The van der Waals surface area contributed by atoms with E-state index in [-0.39, 0.29) is 11.3 Å². The molecule has 2 bridgehead atoms. The average molecular weight is 237 g/mol. The van der Waals surface area contributed by atoms with Gasteiger partial charge in [-0.05, 0) is 44.7 Å². The van der Waals surface area contributed by atoms with Crippen LogP contribution in [0.15, 0.2) is 0 Å². The highest BCUT2D eigenvalue weighted by atomic mass is 16.2. The molecule has 1 amide bonds. The lowest BCUT2D eigenvalue weighted by atomic mass is 9.68. The van der Waals surface area contributed by atoms with Gasteiger partial charge in [0.05, 0.1) is 5.41 Å². The van der Waals surface area contributed by atoms with Crippen LogP contribution in [0.2, 0.25) is 0 Å². The molecule has 4 rings (SSSR count). The molecule has 4 nitrogen and oxygen atoms in total. The minimum atomic E-state index is -0.216. The molecule has 1 aliphatic carbocycles. The standard InChI is InChI=1S/C13H23N3O/c14-9-13(4-1-5-13)12(17)15-11-8-16-6-2-10(11)3-7-16/h10-11H,1-9,14H2,(H,15,17). The van der Waals surface area contributed by atoms with E-state index < -0.39 is 0 Å². The first-order valence-electron chi connectivity index (χ1n) is 6.97. The van der Waals surface area contributed by atoms with Crippen LogP contribution < -0.4 is 11.1 Å². The molecule has 4 heteroatoms. The van der Waals surface area contributed by atoms with Crippen molar-refractivity contribution in [2.75, 3.05) is 26.2 Å². The molecule has 3 aliphatic heterocycles. The number of rotatable bonds is 3. The van der Waals surface area contributed by atoms with Crippen molar-refractivity contribution in [2.45, 2.75) is 38.1 Å². The van der Waals surface area contributed by atoms with Gasteiger partial charge in [-0.1, -0.05) is 6.42 Å². The van der Waals surface area contributed by atoms with Crippen LogP contribution >= 0.6 is 0 Å². The summed E-state index contributed by atoms with van der Waals surface area (Å²) in [4.78, 5) is 14.8. The molecule has 96 valence electrons. The lowest BCUT2D eigenvalue weighted by Crippen LogP contribution is -2.61. The number of carbonyl (C=O) groups excluding carboxylic acids is 1. The maximum absolute atomic E-state index is 12.3. The van der Waals surface area contributed by atoms with Gasteiger partial charge in [-0.3, -0.25) is 4.79 Å². The quantitative estimate of drug-likeness (QED) is 0.743. The van der Waals surface area contributed by atoms with Gasteiger partial charge in [-0.15, -0.1) is 0 Å². The fourth-order valence-corrected chi connectivity index (χ4v) is 3.58. The van der Waals surface area contributed by atoms with Gasteiger partial charge < -0.3 is 16.0 Å². The lowest BCUT2D eigenvalue weighted by molar-refractivity contribution is -0.137. The highest BCUT2D eigenvalue weighted by molar-refractivity contribution is 5.84. The van der Waals surface area contributed by atoms with Crippen LogP contribution in [-0.4, -0.2) is 43.0 Å². The number of hydrogen-bond donors (Lipinski definition) is 2. The largest absolute Gasteiger partial charge is 0.351 e. The first-order valence-corrected chi connectivity index (χ1v) is 6.97. The molecule has 3 heterocycles. The number of piperidine rings is 3. The summed E-state index contributed by atoms with van der Waals surface area (Å²) in [5.41, 5.74) is 5.56. The molecule has 3 N–H and O–H groups in total. The van der Waals surface area contributed by atoms with E-state index >= 15 is 0 Å². The van der Waals surface area contributed by atoms with Crippen molar-refractivity contribution >= 4 is 5.91 Å². The summed E-state index contributed by atoms with van der Waals surface area (Å²) in [7, 11) is 0. The maximum Gasteiger partial charge on any atom is 0.227 e. The highest BCUT2D eigenvalue weighted by Crippen LogP contribution is 2.40. The van der Waals surface area contributed by atoms with E-state index in [1.165, 1.54) is 25.9 Å². The van der Waals surface area contributed by atoms with Crippen molar-refractivity contribution in [3.63, 3.8) is 0 Å². The Balaban J connectivity index is 1.61. The monoisotopic (exact) mass is 237 g/mol. The summed E-state index contributed by atoms with van der Waals surface area (Å²) < 4.78 is 0. The zero-order valence-electron chi connectivity index (χ0n) is 10.5. The molecular formula is C13H23N3O. The van der Waals surface area contributed by atoms with Gasteiger partial charge in [-0.25, -0.2) is 0 Å². The molecule has 3 saturated heterocycles. The molecule has 1 atom stereocenters. The van der Waals surface area contributed by atoms with E-state index in [0.717, 1.165) is 25.8 Å². The number of amides is 1. The smallest absolute Gasteiger partial charge is 0.227 e. The minimum Gasteiger partial charge on any atom is -0.351 e. The zero-order valence-corrected chi connectivity index (χ0v) is 10.5. The fraction of sp³-hybridized carbons (Fsp3) is 0.923. The molecular weight excluding hydrogens is 214 g/mol. The van der Waals surface area contributed by atoms with Crippen molar-refractivity contribution in [3.8, 4) is 0 Å². The first kappa shape index (κ1) is 11.5. The van der Waals surface area contributed by atoms with Gasteiger partial charge >= 0.3 is 0 Å². The van der Waals surface area contributed by atoms with Gasteiger partial charge in [-0.2, -0.15) is 0 Å². The number of nitrogens with zero attached hydrogens (tertiary/aromatic N) is 1. The highest BCUT2D eigenvalue weighted by Gasteiger charge is 2.45. The van der Waals surface area contributed by atoms with E-state index in [4.69, 9.17) is 5.73 Å². The normalized spacial score (nSPS) is 38.5. The van der Waals surface area contributed by atoms with Crippen LogP contribution in [0.3, 0.4) is 0 Å². The third kappa shape index (κ3) is 1.87. The van der Waals surface area contributed by atoms with Crippen LogP contribution in [-0.2, 0) is 4.79 Å². The second-order valence-electron chi connectivity index (χ2n) is 6.06. The Hall–Kier alpha value is -0.610. The third-order valence-electron chi connectivity index (χ3n) is 5.16. The van der Waals surface area contributed by atoms with Crippen LogP contribution in [0.4, 0.5) is 0 Å². The van der Waals surface area contributed by atoms with Gasteiger partial charge in [0.25, 0.3) is 0 Å². The Bertz CT molecular complexity index is 300. The van der Waals surface area contributed by atoms with Crippen LogP contribution in [0.5, 0.6) is 0 Å². The summed E-state index contributed by atoms with van der Waals surface area (Å²) in [5.74, 6) is 0.934. The van der Waals surface area contributed by atoms with E-state index in [9.17, 15) is 4.79 Å². The summed E-state index contributed by atoms with van der Waals surface area (Å²) in [6, 6.07) is 0.383. The van der Waals surface area contributed by atoms with Crippen LogP contribution in [0, 0.1) is 11.3 Å². The number of hydrogen-bond acceptors (Lipinski definition) is 3. The Morgan fingerprint density at radius 1 is 1.35 bits per heavy atom. The average Bonchev–Trinajstić information content (AvgIpc) is 2.30. The maximum atomic E-state index is 12.3.